The molecule has 0 unspecified atom stereocenters. The van der Waals surface area contributed by atoms with Gasteiger partial charge in [-0.3, -0.25) is 9.59 Å². The number of aliphatic hydroxyl groups excluding tert-OH is 1. The van der Waals surface area contributed by atoms with Crippen molar-refractivity contribution in [2.45, 2.75) is 99.0 Å². The standard InChI is InChI=1S/C28H44O3/c1-17(2)18(3)7-8-19(4)21-9-10-25(31)28-16-23(30)22-15-20(29)11-13-26(22,5)24(28)12-14-27(21,28)6/h7-8,17-22,24,29H,9-16H2,1-6H3/b8-7+/t18-,19+,20-,21+,22+,24+,26-,27+,28-/m0/s1. The fraction of sp³-hybridized carbons (Fsp3) is 0.857. The Kier molecular flexibility index (Phi) is 5.85. The zero-order valence-corrected chi connectivity index (χ0v) is 20.6. The van der Waals surface area contributed by atoms with Crippen molar-refractivity contribution in [1.82, 2.24) is 0 Å². The lowest BCUT2D eigenvalue weighted by molar-refractivity contribution is -0.182. The molecule has 0 saturated heterocycles. The lowest BCUT2D eigenvalue weighted by Crippen LogP contribution is -2.64. The molecule has 4 saturated carbocycles. The average Bonchev–Trinajstić information content (AvgIpc) is 3.03. The molecule has 0 heterocycles. The molecule has 9 atom stereocenters. The van der Waals surface area contributed by atoms with Crippen molar-refractivity contribution >= 4 is 11.6 Å². The van der Waals surface area contributed by atoms with Gasteiger partial charge in [-0.1, -0.05) is 53.7 Å². The van der Waals surface area contributed by atoms with Crippen LogP contribution in [0.4, 0.5) is 0 Å². The zero-order valence-electron chi connectivity index (χ0n) is 20.6. The Balaban J connectivity index is 1.71. The SMILES string of the molecule is CC(C)[C@@H](C)/C=C/[C@@H](C)[C@H]1CCC(=O)[C@]23CC(=O)[C@H]4C[C@@H](O)CC[C@]4(C)[C@H]2CC[C@]13C. The number of carbonyl (C=O) groups excluding carboxylic acids is 2. The van der Waals surface area contributed by atoms with E-state index in [2.05, 4.69) is 53.7 Å². The molecular formula is C28H44O3. The summed E-state index contributed by atoms with van der Waals surface area (Å²) in [7, 11) is 0. The first-order valence-electron chi connectivity index (χ1n) is 12.9. The van der Waals surface area contributed by atoms with E-state index < -0.39 is 5.41 Å². The van der Waals surface area contributed by atoms with E-state index in [1.807, 2.05) is 0 Å². The van der Waals surface area contributed by atoms with Crippen LogP contribution in [0.2, 0.25) is 0 Å². The zero-order chi connectivity index (χ0) is 22.8. The summed E-state index contributed by atoms with van der Waals surface area (Å²) in [5.41, 5.74) is -0.709. The smallest absolute Gasteiger partial charge is 0.140 e. The Morgan fingerprint density at radius 1 is 1.00 bits per heavy atom. The van der Waals surface area contributed by atoms with E-state index in [1.165, 1.54) is 0 Å². The number of aliphatic hydroxyl groups is 1. The minimum atomic E-state index is -0.480. The molecule has 0 aromatic rings. The van der Waals surface area contributed by atoms with Crippen LogP contribution in [0, 0.1) is 51.8 Å². The van der Waals surface area contributed by atoms with E-state index in [0.717, 1.165) is 32.1 Å². The third-order valence-corrected chi connectivity index (χ3v) is 10.9. The van der Waals surface area contributed by atoms with Gasteiger partial charge in [-0.05, 0) is 78.9 Å². The van der Waals surface area contributed by atoms with Gasteiger partial charge >= 0.3 is 0 Å². The van der Waals surface area contributed by atoms with E-state index in [4.69, 9.17) is 0 Å². The summed E-state index contributed by atoms with van der Waals surface area (Å²) in [6, 6.07) is 0. The summed E-state index contributed by atoms with van der Waals surface area (Å²) >= 11 is 0. The van der Waals surface area contributed by atoms with Gasteiger partial charge in [0.1, 0.15) is 11.6 Å². The van der Waals surface area contributed by atoms with E-state index in [9.17, 15) is 14.7 Å². The summed E-state index contributed by atoms with van der Waals surface area (Å²) < 4.78 is 0. The average molecular weight is 429 g/mol. The Morgan fingerprint density at radius 3 is 2.39 bits per heavy atom. The van der Waals surface area contributed by atoms with Gasteiger partial charge in [0.2, 0.25) is 0 Å². The Hall–Kier alpha value is -0.960. The largest absolute Gasteiger partial charge is 0.393 e. The topological polar surface area (TPSA) is 54.4 Å². The van der Waals surface area contributed by atoms with Crippen molar-refractivity contribution in [3.8, 4) is 0 Å². The molecule has 1 spiro atoms. The van der Waals surface area contributed by atoms with Crippen LogP contribution in [0.15, 0.2) is 12.2 Å². The summed E-state index contributed by atoms with van der Waals surface area (Å²) in [6.45, 7) is 13.8. The molecule has 0 amide bonds. The minimum Gasteiger partial charge on any atom is -0.393 e. The Morgan fingerprint density at radius 2 is 1.71 bits per heavy atom. The summed E-state index contributed by atoms with van der Waals surface area (Å²) in [4.78, 5) is 27.3. The Bertz CT molecular complexity index is 768. The van der Waals surface area contributed by atoms with Gasteiger partial charge in [0, 0.05) is 24.2 Å². The van der Waals surface area contributed by atoms with Crippen molar-refractivity contribution in [2.75, 3.05) is 0 Å². The highest BCUT2D eigenvalue weighted by Crippen LogP contribution is 2.74. The number of hydrogen-bond acceptors (Lipinski definition) is 3. The Labute approximate surface area is 189 Å². The molecule has 0 aromatic carbocycles. The molecule has 3 nitrogen and oxygen atoms in total. The molecule has 4 aliphatic rings. The number of Topliss-reactive ketones (excluding diaryl/α,β-unsaturated/α-hetero) is 2. The maximum absolute atomic E-state index is 13.8. The molecule has 4 fully saturated rings. The lowest BCUT2D eigenvalue weighted by Gasteiger charge is -2.62. The fourth-order valence-corrected chi connectivity index (χ4v) is 8.66. The number of carbonyl (C=O) groups is 2. The van der Waals surface area contributed by atoms with Crippen molar-refractivity contribution in [3.63, 3.8) is 0 Å². The van der Waals surface area contributed by atoms with Crippen molar-refractivity contribution in [1.29, 1.82) is 0 Å². The molecule has 0 aliphatic heterocycles. The number of rotatable bonds is 4. The first-order valence-corrected chi connectivity index (χ1v) is 12.9. The van der Waals surface area contributed by atoms with Gasteiger partial charge < -0.3 is 5.11 Å². The number of allylic oxidation sites excluding steroid dienone is 2. The van der Waals surface area contributed by atoms with Gasteiger partial charge in [0.15, 0.2) is 0 Å². The molecule has 0 bridgehead atoms. The van der Waals surface area contributed by atoms with Gasteiger partial charge in [0.25, 0.3) is 0 Å². The molecule has 4 rings (SSSR count). The van der Waals surface area contributed by atoms with Gasteiger partial charge in [-0.2, -0.15) is 0 Å². The monoisotopic (exact) mass is 428 g/mol. The van der Waals surface area contributed by atoms with E-state index in [1.54, 1.807) is 0 Å². The van der Waals surface area contributed by atoms with Crippen LogP contribution in [0.25, 0.3) is 0 Å². The number of fused-ring (bicyclic) bond motifs is 2. The number of ketones is 2. The van der Waals surface area contributed by atoms with Gasteiger partial charge in [-0.25, -0.2) is 0 Å². The molecule has 1 N–H and O–H groups in total. The van der Waals surface area contributed by atoms with Crippen LogP contribution in [0.3, 0.4) is 0 Å². The van der Waals surface area contributed by atoms with Crippen LogP contribution in [0.5, 0.6) is 0 Å². The molecule has 174 valence electrons. The lowest BCUT2D eigenvalue weighted by atomic mass is 9.40. The third-order valence-electron chi connectivity index (χ3n) is 10.9. The second-order valence-electron chi connectivity index (χ2n) is 12.5. The number of hydrogen-bond donors (Lipinski definition) is 1. The van der Waals surface area contributed by atoms with E-state index in [0.29, 0.717) is 54.6 Å². The maximum atomic E-state index is 13.8. The maximum Gasteiger partial charge on any atom is 0.140 e. The van der Waals surface area contributed by atoms with Crippen LogP contribution < -0.4 is 0 Å². The molecule has 3 heteroatoms. The highest BCUT2D eigenvalue weighted by molar-refractivity contribution is 5.96. The first kappa shape index (κ1) is 23.2. The predicted octanol–water partition coefficient (Wildman–Crippen LogP) is 5.99. The molecule has 0 radical (unpaired) electrons. The second-order valence-corrected chi connectivity index (χ2v) is 12.5. The highest BCUT2D eigenvalue weighted by atomic mass is 16.3. The quantitative estimate of drug-likeness (QED) is 0.559. The fourth-order valence-electron chi connectivity index (χ4n) is 8.66. The van der Waals surface area contributed by atoms with Crippen LogP contribution in [0.1, 0.15) is 92.9 Å². The van der Waals surface area contributed by atoms with Crippen molar-refractivity contribution in [3.05, 3.63) is 12.2 Å². The molecule has 0 aromatic heterocycles. The summed E-state index contributed by atoms with van der Waals surface area (Å²) in [5, 5.41) is 10.3. The third kappa shape index (κ3) is 3.23. The molecule has 4 aliphatic carbocycles. The summed E-state index contributed by atoms with van der Waals surface area (Å²) in [5.74, 6) is 2.92. The highest BCUT2D eigenvalue weighted by Gasteiger charge is 2.73. The van der Waals surface area contributed by atoms with E-state index >= 15 is 0 Å². The van der Waals surface area contributed by atoms with Crippen LogP contribution >= 0.6 is 0 Å². The van der Waals surface area contributed by atoms with Gasteiger partial charge in [-0.15, -0.1) is 0 Å². The van der Waals surface area contributed by atoms with Crippen LogP contribution in [-0.2, 0) is 9.59 Å². The minimum absolute atomic E-state index is 0.0633. The second kappa shape index (κ2) is 7.82. The molecular weight excluding hydrogens is 384 g/mol. The first-order chi connectivity index (χ1) is 14.5. The van der Waals surface area contributed by atoms with Crippen LogP contribution in [-0.4, -0.2) is 22.8 Å². The van der Waals surface area contributed by atoms with E-state index in [-0.39, 0.29) is 28.6 Å². The van der Waals surface area contributed by atoms with Gasteiger partial charge in [0.05, 0.1) is 6.10 Å². The predicted molar refractivity (Wildman–Crippen MR) is 124 cm³/mol. The van der Waals surface area contributed by atoms with Crippen molar-refractivity contribution < 1.29 is 14.7 Å². The summed E-state index contributed by atoms with van der Waals surface area (Å²) in [6.07, 6.45) is 10.8. The molecule has 31 heavy (non-hydrogen) atoms. The normalized spacial score (nSPS) is 47.2. The van der Waals surface area contributed by atoms with Crippen molar-refractivity contribution in [2.24, 2.45) is 51.8 Å².